The Morgan fingerprint density at radius 2 is 2.04 bits per heavy atom. The van der Waals surface area contributed by atoms with E-state index in [-0.39, 0.29) is 6.54 Å². The molecule has 0 bridgehead atoms. The number of hydrogen-bond acceptors (Lipinski definition) is 6. The number of piperidine rings is 1. The molecule has 144 valence electrons. The van der Waals surface area contributed by atoms with Gasteiger partial charge in [0, 0.05) is 19.0 Å². The van der Waals surface area contributed by atoms with Crippen LogP contribution in [0.4, 0.5) is 5.95 Å². The lowest BCUT2D eigenvalue weighted by Gasteiger charge is -2.43. The van der Waals surface area contributed by atoms with Crippen LogP contribution in [0.2, 0.25) is 0 Å². The van der Waals surface area contributed by atoms with Gasteiger partial charge in [-0.1, -0.05) is 30.3 Å². The van der Waals surface area contributed by atoms with E-state index < -0.39 is 17.5 Å². The number of carboxylic acid groups (broad SMARTS) is 1. The van der Waals surface area contributed by atoms with Gasteiger partial charge < -0.3 is 19.6 Å². The molecule has 1 saturated heterocycles. The Labute approximate surface area is 158 Å². The molecule has 2 fully saturated rings. The zero-order valence-corrected chi connectivity index (χ0v) is 15.3. The van der Waals surface area contributed by atoms with Crippen LogP contribution in [0.15, 0.2) is 34.9 Å². The summed E-state index contributed by atoms with van der Waals surface area (Å²) >= 11 is 0. The first-order valence-corrected chi connectivity index (χ1v) is 9.62. The molecule has 2 aromatic rings. The van der Waals surface area contributed by atoms with Crippen LogP contribution in [-0.4, -0.2) is 45.5 Å². The molecular formula is C20H25N3O4. The number of hydrogen-bond donors (Lipinski definition) is 2. The molecule has 1 saturated carbocycles. The molecule has 1 aromatic carbocycles. The van der Waals surface area contributed by atoms with E-state index in [0.717, 1.165) is 19.3 Å². The molecule has 7 heteroatoms. The normalized spacial score (nSPS) is 25.5. The van der Waals surface area contributed by atoms with Gasteiger partial charge in [0.1, 0.15) is 5.41 Å². The maximum absolute atomic E-state index is 12.2. The molecule has 0 spiro atoms. The Hall–Kier alpha value is -2.41. The smallest absolute Gasteiger partial charge is 0.314 e. The van der Waals surface area contributed by atoms with Crippen molar-refractivity contribution in [3.05, 3.63) is 41.8 Å². The van der Waals surface area contributed by atoms with Crippen molar-refractivity contribution in [2.24, 2.45) is 5.41 Å². The molecule has 0 radical (unpaired) electrons. The minimum absolute atomic E-state index is 0.196. The maximum atomic E-state index is 12.2. The van der Waals surface area contributed by atoms with Crippen molar-refractivity contribution >= 4 is 11.9 Å². The highest BCUT2D eigenvalue weighted by Crippen LogP contribution is 2.41. The van der Waals surface area contributed by atoms with Gasteiger partial charge in [0.05, 0.1) is 6.10 Å². The molecule has 1 aliphatic carbocycles. The van der Waals surface area contributed by atoms with E-state index in [1.807, 2.05) is 35.2 Å². The van der Waals surface area contributed by atoms with Crippen molar-refractivity contribution in [2.75, 3.05) is 18.0 Å². The fraction of sp³-hybridized carbons (Fsp3) is 0.550. The highest BCUT2D eigenvalue weighted by atomic mass is 16.5. The predicted molar refractivity (Wildman–Crippen MR) is 98.6 cm³/mol. The van der Waals surface area contributed by atoms with Crippen LogP contribution in [-0.2, 0) is 11.2 Å². The molecule has 1 aromatic heterocycles. The quantitative estimate of drug-likeness (QED) is 0.772. The van der Waals surface area contributed by atoms with Crippen molar-refractivity contribution in [2.45, 2.75) is 50.5 Å². The molecule has 2 aliphatic rings. The zero-order valence-electron chi connectivity index (χ0n) is 15.3. The lowest BCUT2D eigenvalue weighted by atomic mass is 9.73. The van der Waals surface area contributed by atoms with Crippen LogP contribution < -0.4 is 4.90 Å². The minimum atomic E-state index is -1.21. The SMILES string of the molecule is O=C(O)[C@]1(CCCc2ccccc2)CN(c2noc(C3CC3)n2)CC[C@H]1O. The average Bonchev–Trinajstić information content (AvgIpc) is 3.41. The summed E-state index contributed by atoms with van der Waals surface area (Å²) in [6.45, 7) is 0.723. The number of carbonyl (C=O) groups is 1. The highest BCUT2D eigenvalue weighted by molar-refractivity contribution is 5.76. The maximum Gasteiger partial charge on any atom is 0.314 e. The molecule has 2 atom stereocenters. The number of nitrogens with zero attached hydrogens (tertiary/aromatic N) is 3. The first kappa shape index (κ1) is 18.0. The summed E-state index contributed by atoms with van der Waals surface area (Å²) in [6.07, 6.45) is 3.53. The Bertz CT molecular complexity index is 790. The first-order valence-electron chi connectivity index (χ1n) is 9.62. The second kappa shape index (κ2) is 7.31. The summed E-state index contributed by atoms with van der Waals surface area (Å²) in [7, 11) is 0. The van der Waals surface area contributed by atoms with Gasteiger partial charge in [-0.25, -0.2) is 0 Å². The van der Waals surface area contributed by atoms with Gasteiger partial charge in [-0.2, -0.15) is 4.98 Å². The topological polar surface area (TPSA) is 99.7 Å². The third-order valence-corrected chi connectivity index (χ3v) is 5.78. The number of rotatable bonds is 7. The third-order valence-electron chi connectivity index (χ3n) is 5.78. The van der Waals surface area contributed by atoms with Gasteiger partial charge in [0.25, 0.3) is 5.95 Å². The molecule has 7 nitrogen and oxygen atoms in total. The van der Waals surface area contributed by atoms with E-state index in [0.29, 0.717) is 43.6 Å². The van der Waals surface area contributed by atoms with E-state index in [2.05, 4.69) is 10.1 Å². The van der Waals surface area contributed by atoms with E-state index >= 15 is 0 Å². The fourth-order valence-electron chi connectivity index (χ4n) is 3.92. The van der Waals surface area contributed by atoms with Crippen LogP contribution in [0.1, 0.15) is 49.5 Å². The molecular weight excluding hydrogens is 346 g/mol. The largest absolute Gasteiger partial charge is 0.481 e. The van der Waals surface area contributed by atoms with Crippen molar-refractivity contribution in [1.82, 2.24) is 10.1 Å². The second-order valence-corrected chi connectivity index (χ2v) is 7.73. The number of aliphatic hydroxyl groups excluding tert-OH is 1. The third kappa shape index (κ3) is 3.69. The van der Waals surface area contributed by atoms with Gasteiger partial charge in [0.2, 0.25) is 5.89 Å². The number of benzene rings is 1. The average molecular weight is 371 g/mol. The minimum Gasteiger partial charge on any atom is -0.481 e. The second-order valence-electron chi connectivity index (χ2n) is 7.73. The Morgan fingerprint density at radius 3 is 2.74 bits per heavy atom. The summed E-state index contributed by atoms with van der Waals surface area (Å²) in [5.41, 5.74) is -0.0413. The van der Waals surface area contributed by atoms with Gasteiger partial charge in [0.15, 0.2) is 0 Å². The summed E-state index contributed by atoms with van der Waals surface area (Å²) in [5, 5.41) is 24.6. The number of aliphatic carboxylic acids is 1. The standard InChI is InChI=1S/C20H25N3O4/c24-16-10-12-23(19-21-17(27-22-19)15-8-9-15)13-20(16,18(25)26)11-4-7-14-5-2-1-3-6-14/h1-3,5-6,15-16,24H,4,7-13H2,(H,25,26)/t16-,20-/m1/s1. The number of carboxylic acids is 1. The predicted octanol–water partition coefficient (Wildman–Crippen LogP) is 2.61. The van der Waals surface area contributed by atoms with E-state index in [1.54, 1.807) is 0 Å². The fourth-order valence-corrected chi connectivity index (χ4v) is 3.92. The van der Waals surface area contributed by atoms with E-state index in [9.17, 15) is 15.0 Å². The molecule has 1 aliphatic heterocycles. The lowest BCUT2D eigenvalue weighted by Crippen LogP contribution is -2.56. The Morgan fingerprint density at radius 1 is 1.26 bits per heavy atom. The van der Waals surface area contributed by atoms with Crippen molar-refractivity contribution in [3.63, 3.8) is 0 Å². The molecule has 0 unspecified atom stereocenters. The number of aromatic nitrogens is 2. The van der Waals surface area contributed by atoms with Crippen molar-refractivity contribution in [3.8, 4) is 0 Å². The van der Waals surface area contributed by atoms with Gasteiger partial charge in [-0.3, -0.25) is 4.79 Å². The summed E-state index contributed by atoms with van der Waals surface area (Å²) in [6, 6.07) is 10.00. The van der Waals surface area contributed by atoms with Crippen molar-refractivity contribution < 1.29 is 19.5 Å². The van der Waals surface area contributed by atoms with Crippen LogP contribution in [0, 0.1) is 5.41 Å². The highest BCUT2D eigenvalue weighted by Gasteiger charge is 2.49. The van der Waals surface area contributed by atoms with E-state index in [1.165, 1.54) is 5.56 Å². The van der Waals surface area contributed by atoms with Crippen LogP contribution in [0.25, 0.3) is 0 Å². The Kier molecular flexibility index (Phi) is 4.86. The summed E-state index contributed by atoms with van der Waals surface area (Å²) in [4.78, 5) is 18.5. The molecule has 0 amide bonds. The van der Waals surface area contributed by atoms with Crippen LogP contribution >= 0.6 is 0 Å². The summed E-state index contributed by atoms with van der Waals surface area (Å²) < 4.78 is 5.32. The van der Waals surface area contributed by atoms with Gasteiger partial charge in [-0.05, 0) is 49.2 Å². The summed E-state index contributed by atoms with van der Waals surface area (Å²) in [5.74, 6) is 0.481. The molecule has 2 N–H and O–H groups in total. The molecule has 2 heterocycles. The number of anilines is 1. The number of aryl methyl sites for hydroxylation is 1. The van der Waals surface area contributed by atoms with E-state index in [4.69, 9.17) is 4.52 Å². The Balaban J connectivity index is 1.47. The molecule has 27 heavy (non-hydrogen) atoms. The monoisotopic (exact) mass is 371 g/mol. The van der Waals surface area contributed by atoms with Crippen LogP contribution in [0.3, 0.4) is 0 Å². The van der Waals surface area contributed by atoms with Gasteiger partial charge in [-0.15, -0.1) is 0 Å². The zero-order chi connectivity index (χ0) is 18.9. The molecule has 4 rings (SSSR count). The van der Waals surface area contributed by atoms with Crippen molar-refractivity contribution in [1.29, 1.82) is 0 Å². The van der Waals surface area contributed by atoms with Gasteiger partial charge >= 0.3 is 5.97 Å². The number of aliphatic hydroxyl groups is 1. The lowest BCUT2D eigenvalue weighted by molar-refractivity contribution is -0.158. The van der Waals surface area contributed by atoms with Crippen LogP contribution in [0.5, 0.6) is 0 Å². The first-order chi connectivity index (χ1) is 13.1.